The molecule has 0 bridgehead atoms. The number of amides is 2. The minimum absolute atomic E-state index is 0.187. The van der Waals surface area contributed by atoms with Crippen molar-refractivity contribution in [3.05, 3.63) is 42.0 Å². The molecule has 2 aliphatic heterocycles. The number of carbonyl (C=O) groups is 3. The Kier molecular flexibility index (Phi) is 3.08. The minimum atomic E-state index is -0.443. The second-order valence-electron chi connectivity index (χ2n) is 4.46. The fraction of sp³-hybridized carbons (Fsp3) is 0.214. The molecule has 3 rings (SSSR count). The van der Waals surface area contributed by atoms with E-state index in [1.54, 1.807) is 0 Å². The number of ether oxygens (including phenoxy) is 2. The maximum absolute atomic E-state index is 11.8. The van der Waals surface area contributed by atoms with Crippen molar-refractivity contribution in [2.24, 2.45) is 0 Å². The van der Waals surface area contributed by atoms with Gasteiger partial charge in [-0.25, -0.2) is 9.69 Å². The summed E-state index contributed by atoms with van der Waals surface area (Å²) in [6.45, 7) is 0.846. The van der Waals surface area contributed by atoms with Crippen molar-refractivity contribution in [3.63, 3.8) is 0 Å². The first kappa shape index (κ1) is 12.6. The zero-order chi connectivity index (χ0) is 14.1. The van der Waals surface area contributed by atoms with Gasteiger partial charge in [0.05, 0.1) is 24.5 Å². The monoisotopic (exact) mass is 273 g/mol. The third-order valence-electron chi connectivity index (χ3n) is 3.05. The number of nitrogens with zero attached hydrogens (tertiary/aromatic N) is 1. The molecule has 1 aromatic rings. The van der Waals surface area contributed by atoms with Gasteiger partial charge in [0.1, 0.15) is 6.10 Å². The standard InChI is InChI=1S/C14H11NO5/c16-12-5-6-13(17)15(12)10-3-1-9(2-4-10)14(18)20-11-7-19-8-11/h1-6,11H,7-8H2. The first-order valence-corrected chi connectivity index (χ1v) is 6.10. The van der Waals surface area contributed by atoms with Crippen LogP contribution in [0.4, 0.5) is 5.69 Å². The van der Waals surface area contributed by atoms with Gasteiger partial charge >= 0.3 is 5.97 Å². The van der Waals surface area contributed by atoms with Crippen LogP contribution in [0.3, 0.4) is 0 Å². The fourth-order valence-electron chi connectivity index (χ4n) is 1.90. The quantitative estimate of drug-likeness (QED) is 0.598. The van der Waals surface area contributed by atoms with Crippen molar-refractivity contribution < 1.29 is 23.9 Å². The minimum Gasteiger partial charge on any atom is -0.454 e. The molecule has 6 nitrogen and oxygen atoms in total. The first-order chi connectivity index (χ1) is 9.65. The smallest absolute Gasteiger partial charge is 0.338 e. The molecular formula is C14H11NO5. The van der Waals surface area contributed by atoms with E-state index < -0.39 is 17.8 Å². The molecule has 0 N–H and O–H groups in total. The third kappa shape index (κ3) is 2.21. The van der Waals surface area contributed by atoms with Crippen LogP contribution in [-0.2, 0) is 19.1 Å². The zero-order valence-corrected chi connectivity index (χ0v) is 10.4. The summed E-state index contributed by atoms with van der Waals surface area (Å²) < 4.78 is 10.1. The van der Waals surface area contributed by atoms with E-state index >= 15 is 0 Å². The lowest BCUT2D eigenvalue weighted by Crippen LogP contribution is -2.37. The molecule has 102 valence electrons. The molecule has 2 heterocycles. The summed E-state index contributed by atoms with van der Waals surface area (Å²) in [7, 11) is 0. The van der Waals surface area contributed by atoms with Crippen LogP contribution in [0.5, 0.6) is 0 Å². The molecule has 2 amide bonds. The lowest BCUT2D eigenvalue weighted by atomic mass is 10.2. The van der Waals surface area contributed by atoms with Gasteiger partial charge in [-0.2, -0.15) is 0 Å². The topological polar surface area (TPSA) is 72.9 Å². The Morgan fingerprint density at radius 3 is 2.20 bits per heavy atom. The molecule has 2 aliphatic rings. The molecule has 0 unspecified atom stereocenters. The van der Waals surface area contributed by atoms with E-state index in [4.69, 9.17) is 9.47 Å². The summed E-state index contributed by atoms with van der Waals surface area (Å²) in [5.74, 6) is -1.23. The van der Waals surface area contributed by atoms with Crippen LogP contribution >= 0.6 is 0 Å². The highest BCUT2D eigenvalue weighted by molar-refractivity contribution is 6.28. The summed E-state index contributed by atoms with van der Waals surface area (Å²) >= 11 is 0. The molecule has 0 aliphatic carbocycles. The molecule has 1 fully saturated rings. The van der Waals surface area contributed by atoms with Gasteiger partial charge in [0, 0.05) is 12.2 Å². The normalized spacial score (nSPS) is 18.3. The Labute approximate surface area is 114 Å². The molecule has 0 radical (unpaired) electrons. The molecule has 20 heavy (non-hydrogen) atoms. The van der Waals surface area contributed by atoms with Gasteiger partial charge in [-0.15, -0.1) is 0 Å². The SMILES string of the molecule is O=C(OC1COC1)c1ccc(N2C(=O)C=CC2=O)cc1. The van der Waals surface area contributed by atoms with E-state index in [0.717, 1.165) is 4.90 Å². The highest BCUT2D eigenvalue weighted by Gasteiger charge is 2.26. The Bertz CT molecular complexity index is 582. The summed E-state index contributed by atoms with van der Waals surface area (Å²) in [5, 5.41) is 0. The van der Waals surface area contributed by atoms with Crippen LogP contribution in [0.25, 0.3) is 0 Å². The van der Waals surface area contributed by atoms with Gasteiger partial charge in [0.25, 0.3) is 11.8 Å². The van der Waals surface area contributed by atoms with Crippen molar-refractivity contribution in [2.75, 3.05) is 18.1 Å². The van der Waals surface area contributed by atoms with Crippen molar-refractivity contribution >= 4 is 23.5 Å². The highest BCUT2D eigenvalue weighted by atomic mass is 16.6. The Balaban J connectivity index is 1.72. The van der Waals surface area contributed by atoms with E-state index in [0.29, 0.717) is 24.5 Å². The van der Waals surface area contributed by atoms with Crippen LogP contribution in [-0.4, -0.2) is 37.1 Å². The summed E-state index contributed by atoms with van der Waals surface area (Å²) in [6.07, 6.45) is 2.23. The molecule has 1 saturated heterocycles. The molecular weight excluding hydrogens is 262 g/mol. The number of hydrogen-bond acceptors (Lipinski definition) is 5. The number of rotatable bonds is 3. The Morgan fingerprint density at radius 2 is 1.70 bits per heavy atom. The predicted molar refractivity (Wildman–Crippen MR) is 68.1 cm³/mol. The largest absolute Gasteiger partial charge is 0.454 e. The van der Waals surface area contributed by atoms with E-state index in [2.05, 4.69) is 0 Å². The van der Waals surface area contributed by atoms with Crippen LogP contribution < -0.4 is 4.90 Å². The van der Waals surface area contributed by atoms with Crippen molar-refractivity contribution in [3.8, 4) is 0 Å². The third-order valence-corrected chi connectivity index (χ3v) is 3.05. The predicted octanol–water partition coefficient (Wildman–Crippen LogP) is 0.672. The van der Waals surface area contributed by atoms with E-state index in [1.807, 2.05) is 0 Å². The van der Waals surface area contributed by atoms with Gasteiger partial charge in [-0.1, -0.05) is 0 Å². The lowest BCUT2D eigenvalue weighted by molar-refractivity contribution is -0.119. The zero-order valence-electron chi connectivity index (χ0n) is 10.4. The van der Waals surface area contributed by atoms with Gasteiger partial charge in [-0.3, -0.25) is 9.59 Å². The number of esters is 1. The van der Waals surface area contributed by atoms with E-state index in [9.17, 15) is 14.4 Å². The van der Waals surface area contributed by atoms with Crippen LogP contribution in [0, 0.1) is 0 Å². The fourth-order valence-corrected chi connectivity index (χ4v) is 1.90. The molecule has 0 aromatic heterocycles. The second kappa shape index (κ2) is 4.90. The number of carbonyl (C=O) groups excluding carboxylic acids is 3. The number of anilines is 1. The molecule has 0 atom stereocenters. The summed E-state index contributed by atoms with van der Waals surface area (Å²) in [4.78, 5) is 35.8. The maximum atomic E-state index is 11.8. The summed E-state index contributed by atoms with van der Waals surface area (Å²) in [5.41, 5.74) is 0.793. The number of benzene rings is 1. The van der Waals surface area contributed by atoms with Gasteiger partial charge in [-0.05, 0) is 24.3 Å². The van der Waals surface area contributed by atoms with Crippen LogP contribution in [0.15, 0.2) is 36.4 Å². The first-order valence-electron chi connectivity index (χ1n) is 6.10. The average Bonchev–Trinajstić information content (AvgIpc) is 2.73. The van der Waals surface area contributed by atoms with E-state index in [-0.39, 0.29) is 6.10 Å². The number of hydrogen-bond donors (Lipinski definition) is 0. The van der Waals surface area contributed by atoms with Crippen LogP contribution in [0.2, 0.25) is 0 Å². The van der Waals surface area contributed by atoms with Crippen LogP contribution in [0.1, 0.15) is 10.4 Å². The van der Waals surface area contributed by atoms with E-state index in [1.165, 1.54) is 36.4 Å². The number of imide groups is 1. The molecule has 1 aromatic carbocycles. The summed E-state index contributed by atoms with van der Waals surface area (Å²) in [6, 6.07) is 6.12. The molecule has 0 saturated carbocycles. The molecule has 6 heteroatoms. The maximum Gasteiger partial charge on any atom is 0.338 e. The Hall–Kier alpha value is -2.47. The van der Waals surface area contributed by atoms with Gasteiger partial charge < -0.3 is 9.47 Å². The second-order valence-corrected chi connectivity index (χ2v) is 4.46. The van der Waals surface area contributed by atoms with Gasteiger partial charge in [0.15, 0.2) is 0 Å². The van der Waals surface area contributed by atoms with Crippen molar-refractivity contribution in [2.45, 2.75) is 6.10 Å². The molecule has 0 spiro atoms. The van der Waals surface area contributed by atoms with Gasteiger partial charge in [0.2, 0.25) is 0 Å². The average molecular weight is 273 g/mol. The highest BCUT2D eigenvalue weighted by Crippen LogP contribution is 2.20. The Morgan fingerprint density at radius 1 is 1.10 bits per heavy atom. The van der Waals surface area contributed by atoms with Crippen molar-refractivity contribution in [1.82, 2.24) is 0 Å². The lowest BCUT2D eigenvalue weighted by Gasteiger charge is -2.25. The van der Waals surface area contributed by atoms with Crippen molar-refractivity contribution in [1.29, 1.82) is 0 Å².